The van der Waals surface area contributed by atoms with Crippen LogP contribution in [0.15, 0.2) is 29.0 Å². The summed E-state index contributed by atoms with van der Waals surface area (Å²) in [6.45, 7) is 2.80. The van der Waals surface area contributed by atoms with Crippen molar-refractivity contribution < 1.29 is 9.32 Å². The van der Waals surface area contributed by atoms with Crippen LogP contribution in [0.2, 0.25) is 5.15 Å². The fraction of sp³-hybridized carbons (Fsp3) is 0.250. The van der Waals surface area contributed by atoms with Crippen molar-refractivity contribution in [2.75, 3.05) is 17.2 Å². The number of aromatic nitrogens is 2. The lowest BCUT2D eigenvalue weighted by atomic mass is 10.2. The van der Waals surface area contributed by atoms with Gasteiger partial charge in [-0.3, -0.25) is 4.79 Å². The van der Waals surface area contributed by atoms with E-state index in [-0.39, 0.29) is 11.1 Å². The summed E-state index contributed by atoms with van der Waals surface area (Å²) in [5.74, 6) is 0.596. The van der Waals surface area contributed by atoms with Crippen molar-refractivity contribution in [3.63, 3.8) is 0 Å². The van der Waals surface area contributed by atoms with E-state index >= 15 is 0 Å². The van der Waals surface area contributed by atoms with Crippen molar-refractivity contribution in [3.8, 4) is 0 Å². The molecule has 0 saturated carbocycles. The van der Waals surface area contributed by atoms with Crippen LogP contribution in [-0.2, 0) is 0 Å². The zero-order valence-electron chi connectivity index (χ0n) is 10.3. The van der Waals surface area contributed by atoms with Gasteiger partial charge in [0.15, 0.2) is 5.82 Å². The number of hydrogen-bond donors (Lipinski definition) is 2. The van der Waals surface area contributed by atoms with E-state index in [9.17, 15) is 4.79 Å². The topological polar surface area (TPSA) is 80.0 Å². The maximum absolute atomic E-state index is 12.0. The second kappa shape index (κ2) is 6.19. The van der Waals surface area contributed by atoms with E-state index in [1.165, 1.54) is 12.3 Å². The highest BCUT2D eigenvalue weighted by Gasteiger charge is 2.10. The highest BCUT2D eigenvalue weighted by Crippen LogP contribution is 2.16. The quantitative estimate of drug-likeness (QED) is 0.823. The molecule has 0 aliphatic carbocycles. The molecule has 2 rings (SSSR count). The van der Waals surface area contributed by atoms with Gasteiger partial charge in [0.25, 0.3) is 5.91 Å². The normalized spacial score (nSPS) is 10.2. The molecular weight excluding hydrogens is 268 g/mol. The number of pyridine rings is 1. The molecule has 2 aromatic heterocycles. The number of anilines is 2. The molecule has 0 spiro atoms. The maximum atomic E-state index is 12.0. The van der Waals surface area contributed by atoms with Crippen LogP contribution in [0.4, 0.5) is 11.6 Å². The first-order valence-corrected chi connectivity index (χ1v) is 6.20. The molecule has 0 aliphatic rings. The number of rotatable bonds is 5. The van der Waals surface area contributed by atoms with E-state index in [0.29, 0.717) is 17.2 Å². The summed E-state index contributed by atoms with van der Waals surface area (Å²) in [7, 11) is 0. The zero-order chi connectivity index (χ0) is 13.7. The van der Waals surface area contributed by atoms with Crippen molar-refractivity contribution in [2.24, 2.45) is 0 Å². The van der Waals surface area contributed by atoms with Crippen molar-refractivity contribution >= 4 is 29.1 Å². The third-order valence-electron chi connectivity index (χ3n) is 2.29. The Bertz CT molecular complexity index is 557. The highest BCUT2D eigenvalue weighted by molar-refractivity contribution is 6.30. The summed E-state index contributed by atoms with van der Waals surface area (Å²) < 4.78 is 4.64. The number of nitrogens with zero attached hydrogens (tertiary/aromatic N) is 2. The summed E-state index contributed by atoms with van der Waals surface area (Å²) in [5.41, 5.74) is 0.404. The average Bonchev–Trinajstić information content (AvgIpc) is 2.88. The fourth-order valence-electron chi connectivity index (χ4n) is 1.44. The number of carbonyl (C=O) groups is 1. The molecule has 6 nitrogen and oxygen atoms in total. The Morgan fingerprint density at radius 1 is 1.42 bits per heavy atom. The second-order valence-corrected chi connectivity index (χ2v) is 4.22. The van der Waals surface area contributed by atoms with Gasteiger partial charge in [-0.15, -0.1) is 0 Å². The molecule has 7 heteroatoms. The SMILES string of the molecule is CCCNc1cc(C(=O)Nc2ccon2)cc(Cl)n1. The lowest BCUT2D eigenvalue weighted by Crippen LogP contribution is -2.13. The average molecular weight is 281 g/mol. The predicted molar refractivity (Wildman–Crippen MR) is 72.5 cm³/mol. The van der Waals surface area contributed by atoms with E-state index in [2.05, 4.69) is 25.3 Å². The first-order valence-electron chi connectivity index (χ1n) is 5.82. The number of halogens is 1. The minimum absolute atomic E-state index is 0.256. The minimum Gasteiger partial charge on any atom is -0.370 e. The van der Waals surface area contributed by atoms with Crippen molar-refractivity contribution in [2.45, 2.75) is 13.3 Å². The van der Waals surface area contributed by atoms with E-state index in [4.69, 9.17) is 11.6 Å². The molecule has 100 valence electrons. The first-order chi connectivity index (χ1) is 9.19. The van der Waals surface area contributed by atoms with Crippen LogP contribution in [0.3, 0.4) is 0 Å². The Morgan fingerprint density at radius 2 is 2.26 bits per heavy atom. The molecule has 0 aliphatic heterocycles. The Hall–Kier alpha value is -2.08. The molecule has 0 radical (unpaired) electrons. The first kappa shape index (κ1) is 13.4. The van der Waals surface area contributed by atoms with Crippen molar-refractivity contribution in [1.82, 2.24) is 10.1 Å². The molecule has 0 fully saturated rings. The molecule has 2 N–H and O–H groups in total. The maximum Gasteiger partial charge on any atom is 0.257 e. The van der Waals surface area contributed by atoms with Crippen molar-refractivity contribution in [1.29, 1.82) is 0 Å². The van der Waals surface area contributed by atoms with Gasteiger partial charge in [-0.1, -0.05) is 23.7 Å². The number of nitrogens with one attached hydrogen (secondary N) is 2. The van der Waals surface area contributed by atoms with Crippen LogP contribution in [0.25, 0.3) is 0 Å². The van der Waals surface area contributed by atoms with Gasteiger partial charge in [0.2, 0.25) is 0 Å². The zero-order valence-corrected chi connectivity index (χ0v) is 11.1. The molecule has 2 aromatic rings. The Morgan fingerprint density at radius 3 is 2.95 bits per heavy atom. The second-order valence-electron chi connectivity index (χ2n) is 3.83. The molecule has 0 bridgehead atoms. The smallest absolute Gasteiger partial charge is 0.257 e. The number of carbonyl (C=O) groups excluding carboxylic acids is 1. The van der Waals surface area contributed by atoms with Crippen LogP contribution in [0.5, 0.6) is 0 Å². The Kier molecular flexibility index (Phi) is 4.35. The molecule has 19 heavy (non-hydrogen) atoms. The number of hydrogen-bond acceptors (Lipinski definition) is 5. The minimum atomic E-state index is -0.322. The molecule has 0 saturated heterocycles. The van der Waals surface area contributed by atoms with Gasteiger partial charge in [0.05, 0.1) is 0 Å². The van der Waals surface area contributed by atoms with E-state index in [1.54, 1.807) is 12.1 Å². The lowest BCUT2D eigenvalue weighted by molar-refractivity contribution is 0.102. The monoisotopic (exact) mass is 280 g/mol. The molecule has 0 atom stereocenters. The standard InChI is InChI=1S/C12H13ClN4O2/c1-2-4-14-11-7-8(6-9(13)15-11)12(18)16-10-3-5-19-17-10/h3,5-7H,2,4H2,1H3,(H,14,15)(H,16,17,18). The molecular formula is C12H13ClN4O2. The number of amides is 1. The predicted octanol–water partition coefficient (Wildman–Crippen LogP) is 2.80. The van der Waals surface area contributed by atoms with Crippen LogP contribution in [0, 0.1) is 0 Å². The van der Waals surface area contributed by atoms with Crippen LogP contribution < -0.4 is 10.6 Å². The highest BCUT2D eigenvalue weighted by atomic mass is 35.5. The van der Waals surface area contributed by atoms with E-state index < -0.39 is 0 Å². The van der Waals surface area contributed by atoms with Gasteiger partial charge in [0, 0.05) is 18.2 Å². The summed E-state index contributed by atoms with van der Waals surface area (Å²) >= 11 is 5.89. The van der Waals surface area contributed by atoms with Gasteiger partial charge in [-0.05, 0) is 18.6 Å². The molecule has 0 aromatic carbocycles. The van der Waals surface area contributed by atoms with Gasteiger partial charge in [-0.2, -0.15) is 0 Å². The summed E-state index contributed by atoms with van der Waals surface area (Å²) in [6, 6.07) is 4.68. The van der Waals surface area contributed by atoms with Gasteiger partial charge < -0.3 is 15.2 Å². The van der Waals surface area contributed by atoms with E-state index in [0.717, 1.165) is 13.0 Å². The summed E-state index contributed by atoms with van der Waals surface area (Å²) in [5, 5.41) is 9.53. The summed E-state index contributed by atoms with van der Waals surface area (Å²) in [6.07, 6.45) is 2.33. The van der Waals surface area contributed by atoms with Crippen LogP contribution in [-0.4, -0.2) is 22.6 Å². The molecule has 0 unspecified atom stereocenters. The van der Waals surface area contributed by atoms with Crippen molar-refractivity contribution in [3.05, 3.63) is 35.2 Å². The van der Waals surface area contributed by atoms with Crippen LogP contribution >= 0.6 is 11.6 Å². The third kappa shape index (κ3) is 3.69. The Labute approximate surface area is 115 Å². The van der Waals surface area contributed by atoms with E-state index in [1.807, 2.05) is 6.92 Å². The summed E-state index contributed by atoms with van der Waals surface area (Å²) in [4.78, 5) is 16.1. The molecule has 1 amide bonds. The largest absolute Gasteiger partial charge is 0.370 e. The third-order valence-corrected chi connectivity index (χ3v) is 2.49. The Balaban J connectivity index is 2.14. The lowest BCUT2D eigenvalue weighted by Gasteiger charge is -2.07. The van der Waals surface area contributed by atoms with Gasteiger partial charge in [0.1, 0.15) is 17.2 Å². The fourth-order valence-corrected chi connectivity index (χ4v) is 1.65. The van der Waals surface area contributed by atoms with Gasteiger partial charge in [-0.25, -0.2) is 4.98 Å². The molecule has 2 heterocycles. The van der Waals surface area contributed by atoms with Gasteiger partial charge >= 0.3 is 0 Å². The van der Waals surface area contributed by atoms with Crippen LogP contribution in [0.1, 0.15) is 23.7 Å².